The van der Waals surface area contributed by atoms with Crippen molar-refractivity contribution < 1.29 is 51.7 Å². The Morgan fingerprint density at radius 3 is 2.79 bits per heavy atom. The molecule has 5 heteroatoms. The van der Waals surface area contributed by atoms with Crippen LogP contribution in [0.2, 0.25) is 0 Å². The second kappa shape index (κ2) is 4.66. The van der Waals surface area contributed by atoms with Gasteiger partial charge in [-0.15, -0.1) is 0 Å². The van der Waals surface area contributed by atoms with E-state index in [1.54, 1.807) is 6.61 Å². The molecular weight excluding hydrogens is 261 g/mol. The fourth-order valence-electron chi connectivity index (χ4n) is 1.75. The van der Waals surface area contributed by atoms with Crippen LogP contribution in [0.15, 0.2) is 0 Å². The first-order chi connectivity index (χ1) is 6.12. The summed E-state index contributed by atoms with van der Waals surface area (Å²) in [4.78, 5) is 10.3. The van der Waals surface area contributed by atoms with Gasteiger partial charge in [0, 0.05) is 6.42 Å². The molecule has 2 aliphatic rings. The second-order valence-corrected chi connectivity index (χ2v) is 3.78. The largest absolute Gasteiger partial charge is 3.00 e. The maximum atomic E-state index is 10.3. The van der Waals surface area contributed by atoms with Crippen molar-refractivity contribution in [2.45, 2.75) is 44.4 Å². The molecule has 0 N–H and O–H groups in total. The predicted octanol–water partition coefficient (Wildman–Crippen LogP) is 0.654. The van der Waals surface area contributed by atoms with Gasteiger partial charge in [-0.2, -0.15) is 6.61 Å². The van der Waals surface area contributed by atoms with Crippen molar-refractivity contribution in [1.29, 1.82) is 0 Å². The van der Waals surface area contributed by atoms with Crippen molar-refractivity contribution >= 4 is 6.29 Å². The molecule has 0 aromatic rings. The van der Waals surface area contributed by atoms with Crippen molar-refractivity contribution in [1.82, 2.24) is 0 Å². The quantitative estimate of drug-likeness (QED) is 0.548. The summed E-state index contributed by atoms with van der Waals surface area (Å²) in [6, 6.07) is 0. The zero-order valence-electron chi connectivity index (χ0n) is 8.30. The molecule has 14 heavy (non-hydrogen) atoms. The molecule has 2 saturated heterocycles. The van der Waals surface area contributed by atoms with Gasteiger partial charge in [-0.1, -0.05) is 0 Å². The Kier molecular flexibility index (Phi) is 4.24. The minimum Gasteiger partial charge on any atom is -0.545 e. The molecule has 2 rings (SSSR count). The Bertz CT molecular complexity index is 219. The SMILES string of the molecule is CC1(C)OC2[CH-]OC(CC=O)C2O1.[Y+3]. The van der Waals surface area contributed by atoms with E-state index >= 15 is 0 Å². The smallest absolute Gasteiger partial charge is 0.545 e. The number of rotatable bonds is 2. The number of carbonyl (C=O) groups is 1. The van der Waals surface area contributed by atoms with E-state index < -0.39 is 5.79 Å². The molecule has 0 bridgehead atoms. The number of fused-ring (bicyclic) bond motifs is 1. The van der Waals surface area contributed by atoms with Gasteiger partial charge in [0.2, 0.25) is 0 Å². The predicted molar refractivity (Wildman–Crippen MR) is 43.7 cm³/mol. The van der Waals surface area contributed by atoms with E-state index in [9.17, 15) is 4.79 Å². The average Bonchev–Trinajstić information content (AvgIpc) is 2.48. The molecule has 0 aromatic carbocycles. The maximum Gasteiger partial charge on any atom is 3.00 e. The van der Waals surface area contributed by atoms with Crippen molar-refractivity contribution in [2.75, 3.05) is 0 Å². The van der Waals surface area contributed by atoms with Gasteiger partial charge in [0.15, 0.2) is 5.79 Å². The molecule has 0 spiro atoms. The minimum absolute atomic E-state index is 0. The van der Waals surface area contributed by atoms with Gasteiger partial charge < -0.3 is 19.0 Å². The third-order valence-corrected chi connectivity index (χ3v) is 2.25. The van der Waals surface area contributed by atoms with E-state index in [4.69, 9.17) is 14.2 Å². The molecular formula is C9H13O4Y+2. The molecule has 2 aliphatic heterocycles. The van der Waals surface area contributed by atoms with Gasteiger partial charge in [0.05, 0.1) is 12.2 Å². The molecule has 2 fully saturated rings. The Hall–Kier alpha value is 0.654. The average molecular weight is 274 g/mol. The van der Waals surface area contributed by atoms with Gasteiger partial charge >= 0.3 is 32.7 Å². The molecule has 3 atom stereocenters. The first kappa shape index (κ1) is 12.7. The summed E-state index contributed by atoms with van der Waals surface area (Å²) >= 11 is 0. The summed E-state index contributed by atoms with van der Waals surface area (Å²) in [6.07, 6.45) is 0.775. The first-order valence-corrected chi connectivity index (χ1v) is 4.40. The molecule has 0 radical (unpaired) electrons. The van der Waals surface area contributed by atoms with Crippen LogP contribution in [0.4, 0.5) is 0 Å². The maximum absolute atomic E-state index is 10.3. The zero-order chi connectivity index (χ0) is 9.47. The van der Waals surface area contributed by atoms with Gasteiger partial charge in [-0.05, 0) is 20.0 Å². The van der Waals surface area contributed by atoms with Crippen LogP contribution in [0.1, 0.15) is 20.3 Å². The summed E-state index contributed by atoms with van der Waals surface area (Å²) in [5.41, 5.74) is 0. The summed E-state index contributed by atoms with van der Waals surface area (Å²) < 4.78 is 16.4. The number of carbonyl (C=O) groups excluding carboxylic acids is 1. The molecule has 2 heterocycles. The van der Waals surface area contributed by atoms with Crippen LogP contribution in [0.5, 0.6) is 0 Å². The Morgan fingerprint density at radius 1 is 1.43 bits per heavy atom. The van der Waals surface area contributed by atoms with Crippen LogP contribution in [-0.4, -0.2) is 30.4 Å². The Balaban J connectivity index is 0.000000980. The summed E-state index contributed by atoms with van der Waals surface area (Å²) in [5.74, 6) is -0.559. The van der Waals surface area contributed by atoms with Crippen molar-refractivity contribution in [2.24, 2.45) is 0 Å². The number of hydrogen-bond acceptors (Lipinski definition) is 4. The van der Waals surface area contributed by atoms with E-state index in [0.717, 1.165) is 6.29 Å². The Labute approximate surface area is 109 Å². The van der Waals surface area contributed by atoms with Gasteiger partial charge in [0.25, 0.3) is 0 Å². The minimum atomic E-state index is -0.559. The van der Waals surface area contributed by atoms with Crippen molar-refractivity contribution in [3.8, 4) is 0 Å². The summed E-state index contributed by atoms with van der Waals surface area (Å²) in [6.45, 7) is 5.34. The fraction of sp³-hybridized carbons (Fsp3) is 0.778. The van der Waals surface area contributed by atoms with Crippen LogP contribution in [0, 0.1) is 6.61 Å². The van der Waals surface area contributed by atoms with Crippen LogP contribution in [-0.2, 0) is 51.7 Å². The normalized spacial score (nSPS) is 38.9. The van der Waals surface area contributed by atoms with Gasteiger partial charge in [-0.25, -0.2) is 0 Å². The summed E-state index contributed by atoms with van der Waals surface area (Å²) in [5, 5.41) is 0. The van der Waals surface area contributed by atoms with Crippen LogP contribution < -0.4 is 0 Å². The van der Waals surface area contributed by atoms with Crippen molar-refractivity contribution in [3.63, 3.8) is 0 Å². The first-order valence-electron chi connectivity index (χ1n) is 4.40. The molecule has 3 unspecified atom stereocenters. The van der Waals surface area contributed by atoms with E-state index in [1.165, 1.54) is 0 Å². The third-order valence-electron chi connectivity index (χ3n) is 2.25. The topological polar surface area (TPSA) is 44.8 Å². The third kappa shape index (κ3) is 2.42. The van der Waals surface area contributed by atoms with E-state index in [0.29, 0.717) is 6.42 Å². The van der Waals surface area contributed by atoms with Crippen LogP contribution in [0.25, 0.3) is 0 Å². The van der Waals surface area contributed by atoms with Crippen LogP contribution in [0.3, 0.4) is 0 Å². The van der Waals surface area contributed by atoms with Gasteiger partial charge in [-0.3, -0.25) is 0 Å². The Morgan fingerprint density at radius 2 is 2.14 bits per heavy atom. The van der Waals surface area contributed by atoms with E-state index in [-0.39, 0.29) is 51.0 Å². The summed E-state index contributed by atoms with van der Waals surface area (Å²) in [7, 11) is 0. The molecule has 0 amide bonds. The molecule has 74 valence electrons. The second-order valence-electron chi connectivity index (χ2n) is 3.78. The van der Waals surface area contributed by atoms with Crippen molar-refractivity contribution in [3.05, 3.63) is 6.61 Å². The number of aldehydes is 1. The molecule has 4 nitrogen and oxygen atoms in total. The van der Waals surface area contributed by atoms with Crippen LogP contribution >= 0.6 is 0 Å². The van der Waals surface area contributed by atoms with E-state index in [2.05, 4.69) is 0 Å². The van der Waals surface area contributed by atoms with Gasteiger partial charge in [0.1, 0.15) is 6.29 Å². The number of hydrogen-bond donors (Lipinski definition) is 0. The monoisotopic (exact) mass is 274 g/mol. The molecule has 0 aliphatic carbocycles. The standard InChI is InChI=1S/C9H13O4.Y/c1-9(2)12-7-5-11-6(3-4-10)8(7)13-9;/h4-8H,3H2,1-2H3;/q-1;+3. The number of ether oxygens (including phenoxy) is 3. The molecule has 0 saturated carbocycles. The fourth-order valence-corrected chi connectivity index (χ4v) is 1.75. The zero-order valence-corrected chi connectivity index (χ0v) is 11.1. The van der Waals surface area contributed by atoms with E-state index in [1.807, 2.05) is 13.8 Å². The molecule has 0 aromatic heterocycles.